The largest absolute Gasteiger partial charge is 0.339 e. The van der Waals surface area contributed by atoms with Gasteiger partial charge >= 0.3 is 0 Å². The van der Waals surface area contributed by atoms with E-state index in [1.165, 1.54) is 30.5 Å². The second-order valence-electron chi connectivity index (χ2n) is 8.82. The maximum atomic E-state index is 13.4. The van der Waals surface area contributed by atoms with Crippen LogP contribution in [0.5, 0.6) is 0 Å². The minimum absolute atomic E-state index is 0.00401. The molecule has 194 valence electrons. The number of fused-ring (bicyclic) bond motifs is 6. The van der Waals surface area contributed by atoms with Crippen LogP contribution >= 0.6 is 0 Å². The first-order chi connectivity index (χ1) is 21.8. The Labute approximate surface area is 232 Å². The molecule has 0 fully saturated rings. The van der Waals surface area contributed by atoms with Gasteiger partial charge in [0.2, 0.25) is 11.9 Å². The number of nitrogens with zero attached hydrogens (tertiary/aromatic N) is 6. The molecule has 0 aliphatic heterocycles. The molecule has 0 spiro atoms. The highest BCUT2D eigenvalue weighted by Crippen LogP contribution is 2.27. The van der Waals surface area contributed by atoms with Gasteiger partial charge in [0, 0.05) is 84.9 Å². The Bertz CT molecular complexity index is 2320. The van der Waals surface area contributed by atoms with Gasteiger partial charge in [-0.05, 0) is 48.5 Å². The number of aromatic nitrogens is 8. The smallest absolute Gasteiger partial charge is 0.213 e. The minimum atomic E-state index is -0.734. The number of hydrogen-bond donors (Lipinski definition) is 2. The van der Waals surface area contributed by atoms with E-state index in [9.17, 15) is 8.78 Å². The van der Waals surface area contributed by atoms with Crippen molar-refractivity contribution in [2.24, 2.45) is 0 Å². The molecule has 0 atom stereocenters. The lowest BCUT2D eigenvalue weighted by atomic mass is 10.1. The quantitative estimate of drug-likeness (QED) is 0.234. The van der Waals surface area contributed by atoms with Gasteiger partial charge in [-0.25, -0.2) is 19.9 Å². The normalized spacial score (nSPS) is 12.5. The van der Waals surface area contributed by atoms with E-state index in [4.69, 9.17) is 7.08 Å². The van der Waals surface area contributed by atoms with Crippen LogP contribution in [-0.2, 0) is 0 Å². The van der Waals surface area contributed by atoms with Gasteiger partial charge in [-0.15, -0.1) is 0 Å². The van der Waals surface area contributed by atoms with E-state index in [1.54, 1.807) is 24.4 Å². The molecular formula is C30H20F2N8. The number of pyridine rings is 6. The Kier molecular flexibility index (Phi) is 4.66. The summed E-state index contributed by atoms with van der Waals surface area (Å²) < 4.78 is 59.5. The van der Waals surface area contributed by atoms with Gasteiger partial charge in [-0.3, -0.25) is 9.97 Å². The van der Waals surface area contributed by atoms with Crippen molar-refractivity contribution in [1.29, 1.82) is 0 Å². The van der Waals surface area contributed by atoms with Crippen molar-refractivity contribution in [2.75, 3.05) is 0 Å². The average Bonchev–Trinajstić information content (AvgIpc) is 3.59. The number of aromatic amines is 2. The van der Waals surface area contributed by atoms with Crippen molar-refractivity contribution in [3.63, 3.8) is 0 Å². The second-order valence-corrected chi connectivity index (χ2v) is 8.82. The van der Waals surface area contributed by atoms with Gasteiger partial charge in [0.05, 0.1) is 26.5 Å². The van der Waals surface area contributed by atoms with Crippen molar-refractivity contribution in [3.05, 3.63) is 110 Å². The van der Waals surface area contributed by atoms with Crippen LogP contribution in [0.3, 0.4) is 0 Å². The Hall–Kier alpha value is -5.64. The molecule has 0 amide bonds. The number of rotatable bonds is 2. The molecule has 10 heteroatoms. The van der Waals surface area contributed by atoms with Crippen molar-refractivity contribution >= 4 is 43.9 Å². The van der Waals surface area contributed by atoms with Crippen LogP contribution in [0.4, 0.5) is 8.78 Å². The van der Waals surface area contributed by atoms with Crippen molar-refractivity contribution < 1.29 is 15.9 Å². The molecule has 0 bridgehead atoms. The summed E-state index contributed by atoms with van der Waals surface area (Å²) >= 11 is 0. The van der Waals surface area contributed by atoms with Gasteiger partial charge in [0.15, 0.2) is 0 Å². The molecular weight excluding hydrogens is 510 g/mol. The van der Waals surface area contributed by atoms with E-state index in [1.807, 2.05) is 24.4 Å². The third kappa shape index (κ3) is 4.27. The molecule has 40 heavy (non-hydrogen) atoms. The van der Waals surface area contributed by atoms with Crippen LogP contribution in [0.1, 0.15) is 7.08 Å². The van der Waals surface area contributed by atoms with Crippen molar-refractivity contribution in [3.8, 4) is 22.5 Å². The molecule has 0 aromatic carbocycles. The van der Waals surface area contributed by atoms with E-state index in [2.05, 4.69) is 39.9 Å². The number of H-pyrrole nitrogens is 2. The van der Waals surface area contributed by atoms with E-state index in [-0.39, 0.29) is 18.5 Å². The standard InChI is InChI=1S/2C15H9FN4.H2/c2*16-14-7-9(3-6-18-14)12-2-1-10-11-8-17-5-4-13(11)20-15(10)19-12;/h2*1-8H,(H,19,20);1H/i5D,6D,8D;;1+1D. The maximum absolute atomic E-state index is 13.4. The summed E-state index contributed by atoms with van der Waals surface area (Å²) in [6.45, 7) is 0. The van der Waals surface area contributed by atoms with Crippen LogP contribution in [0, 0.1) is 11.9 Å². The summed E-state index contributed by atoms with van der Waals surface area (Å²) in [7, 11) is 0. The Morgan fingerprint density at radius 2 is 1.32 bits per heavy atom. The summed E-state index contributed by atoms with van der Waals surface area (Å²) in [5.41, 5.74) is 5.23. The fourth-order valence-electron chi connectivity index (χ4n) is 4.52. The molecule has 8 nitrogen and oxygen atoms in total. The molecule has 0 saturated carbocycles. The minimum Gasteiger partial charge on any atom is -0.339 e. The highest BCUT2D eigenvalue weighted by molar-refractivity contribution is 6.06. The molecule has 2 N–H and O–H groups in total. The van der Waals surface area contributed by atoms with E-state index in [0.29, 0.717) is 44.5 Å². The SMILES string of the molecule is Fc1cc(-c2ccc3c(n2)[nH]c2ccncc23)ccn1.[2H][2H].[2H]c1cc(-c2ccc3c(n2)[nH]c2cc([2H])nc([2H])c23)cc(F)n1. The summed E-state index contributed by atoms with van der Waals surface area (Å²) in [4.78, 5) is 30.2. The summed E-state index contributed by atoms with van der Waals surface area (Å²) in [6, 6.07) is 16.5. The summed E-state index contributed by atoms with van der Waals surface area (Å²) in [6.07, 6.45) is 4.82. The lowest BCUT2D eigenvalue weighted by Gasteiger charge is -2.00. The van der Waals surface area contributed by atoms with Gasteiger partial charge in [-0.1, -0.05) is 0 Å². The first kappa shape index (κ1) is 19.4. The molecule has 8 aromatic heterocycles. The third-order valence-corrected chi connectivity index (χ3v) is 6.37. The van der Waals surface area contributed by atoms with Gasteiger partial charge in [0.1, 0.15) is 11.3 Å². The lowest BCUT2D eigenvalue weighted by molar-refractivity contribution is 0.584. The van der Waals surface area contributed by atoms with E-state index < -0.39 is 11.9 Å². The van der Waals surface area contributed by atoms with Crippen LogP contribution in [0.25, 0.3) is 66.4 Å². The van der Waals surface area contributed by atoms with Gasteiger partial charge in [0.25, 0.3) is 0 Å². The van der Waals surface area contributed by atoms with Crippen LogP contribution in [0.15, 0.2) is 97.8 Å². The molecule has 0 saturated heterocycles. The molecule has 0 aliphatic carbocycles. The average molecular weight is 536 g/mol. The Morgan fingerprint density at radius 3 is 2.05 bits per heavy atom. The zero-order chi connectivity index (χ0) is 31.7. The summed E-state index contributed by atoms with van der Waals surface area (Å²) in [5, 5.41) is 3.34. The van der Waals surface area contributed by atoms with Crippen LogP contribution in [0.2, 0.25) is 0 Å². The topological polar surface area (TPSA) is 109 Å². The first-order valence-corrected chi connectivity index (χ1v) is 12.1. The number of halogens is 2. The van der Waals surface area contributed by atoms with Gasteiger partial charge < -0.3 is 9.97 Å². The molecule has 0 aliphatic rings. The van der Waals surface area contributed by atoms with E-state index >= 15 is 0 Å². The Balaban J connectivity index is 0.000000152. The van der Waals surface area contributed by atoms with Crippen molar-refractivity contribution in [2.45, 2.75) is 0 Å². The molecule has 8 aromatic rings. The highest BCUT2D eigenvalue weighted by Gasteiger charge is 2.09. The molecule has 0 unspecified atom stereocenters. The highest BCUT2D eigenvalue weighted by atomic mass is 19.1. The predicted octanol–water partition coefficient (Wildman–Crippen LogP) is 6.87. The van der Waals surface area contributed by atoms with Crippen LogP contribution < -0.4 is 0 Å². The molecule has 8 heterocycles. The molecule has 8 rings (SSSR count). The fraction of sp³-hybridized carbons (Fsp3) is 0. The number of nitrogens with one attached hydrogen (secondary N) is 2. The second kappa shape index (κ2) is 9.59. The summed E-state index contributed by atoms with van der Waals surface area (Å²) in [5.74, 6) is -1.24. The first-order valence-electron chi connectivity index (χ1n) is 14.6. The third-order valence-electron chi connectivity index (χ3n) is 6.37. The van der Waals surface area contributed by atoms with E-state index in [0.717, 1.165) is 21.9 Å². The van der Waals surface area contributed by atoms with Crippen LogP contribution in [-0.4, -0.2) is 39.9 Å². The van der Waals surface area contributed by atoms with Gasteiger partial charge in [-0.2, -0.15) is 8.78 Å². The maximum Gasteiger partial charge on any atom is 0.213 e. The van der Waals surface area contributed by atoms with Crippen molar-refractivity contribution in [1.82, 2.24) is 39.9 Å². The zero-order valence-electron chi connectivity index (χ0n) is 25.4. The number of hydrogen-bond acceptors (Lipinski definition) is 6. The predicted molar refractivity (Wildman–Crippen MR) is 151 cm³/mol. The lowest BCUT2D eigenvalue weighted by Crippen LogP contribution is -1.87. The monoisotopic (exact) mass is 535 g/mol. The zero-order valence-corrected chi connectivity index (χ0v) is 20.4. The fourth-order valence-corrected chi connectivity index (χ4v) is 4.52. The molecule has 0 radical (unpaired) electrons. The Morgan fingerprint density at radius 1 is 0.650 bits per heavy atom.